The highest BCUT2D eigenvalue weighted by Gasteiger charge is 2.05. The van der Waals surface area contributed by atoms with Crippen LogP contribution in [0, 0.1) is 0 Å². The molecule has 4 heteroatoms. The van der Waals surface area contributed by atoms with Gasteiger partial charge in [0.2, 0.25) is 5.91 Å². The molecule has 1 unspecified atom stereocenters. The third-order valence-corrected chi connectivity index (χ3v) is 3.15. The molecule has 0 heterocycles. The van der Waals surface area contributed by atoms with Gasteiger partial charge in [-0.2, -0.15) is 0 Å². The highest BCUT2D eigenvalue weighted by atomic mass is 16.5. The summed E-state index contributed by atoms with van der Waals surface area (Å²) in [5, 5.41) is 6.25. The fourth-order valence-electron chi connectivity index (χ4n) is 1.88. The van der Waals surface area contributed by atoms with Crippen molar-refractivity contribution >= 4 is 5.91 Å². The van der Waals surface area contributed by atoms with Crippen LogP contribution in [0.3, 0.4) is 0 Å². The van der Waals surface area contributed by atoms with Crippen LogP contribution < -0.4 is 15.4 Å². The summed E-state index contributed by atoms with van der Waals surface area (Å²) in [6.07, 6.45) is 1.64. The van der Waals surface area contributed by atoms with E-state index in [2.05, 4.69) is 23.6 Å². The molecule has 0 aliphatic heterocycles. The Balaban J connectivity index is 2.28. The van der Waals surface area contributed by atoms with E-state index in [-0.39, 0.29) is 18.1 Å². The number of benzene rings is 1. The minimum atomic E-state index is 0.105. The lowest BCUT2D eigenvalue weighted by Gasteiger charge is -2.12. The summed E-state index contributed by atoms with van der Waals surface area (Å²) in [5.41, 5.74) is 1.16. The number of ether oxygens (including phenoxy) is 1. The maximum atomic E-state index is 11.6. The number of rotatable bonds is 9. The minimum Gasteiger partial charge on any atom is -0.491 e. The topological polar surface area (TPSA) is 50.4 Å². The van der Waals surface area contributed by atoms with Crippen molar-refractivity contribution in [2.45, 2.75) is 59.2 Å². The van der Waals surface area contributed by atoms with Gasteiger partial charge in [0, 0.05) is 25.6 Å². The summed E-state index contributed by atoms with van der Waals surface area (Å²) in [6.45, 7) is 9.53. The standard InChI is InChI=1S/C17H28N2O2/c1-5-14(4)19-17(20)9-10-18-12-15-7-6-8-16(11-15)21-13(2)3/h6-8,11,13-14,18H,5,9-10,12H2,1-4H3,(H,19,20). The van der Waals surface area contributed by atoms with Crippen molar-refractivity contribution in [3.05, 3.63) is 29.8 Å². The van der Waals surface area contributed by atoms with Gasteiger partial charge in [-0.25, -0.2) is 0 Å². The van der Waals surface area contributed by atoms with Gasteiger partial charge in [0.25, 0.3) is 0 Å². The lowest BCUT2D eigenvalue weighted by Crippen LogP contribution is -2.33. The van der Waals surface area contributed by atoms with Crippen molar-refractivity contribution in [2.75, 3.05) is 6.54 Å². The molecule has 0 aliphatic rings. The van der Waals surface area contributed by atoms with Crippen LogP contribution in [0.2, 0.25) is 0 Å². The second-order valence-electron chi connectivity index (χ2n) is 5.62. The molecule has 0 saturated carbocycles. The summed E-state index contributed by atoms with van der Waals surface area (Å²) in [7, 11) is 0. The molecule has 1 atom stereocenters. The third-order valence-electron chi connectivity index (χ3n) is 3.15. The molecule has 0 fully saturated rings. The zero-order valence-corrected chi connectivity index (χ0v) is 13.6. The highest BCUT2D eigenvalue weighted by molar-refractivity contribution is 5.76. The number of nitrogens with one attached hydrogen (secondary N) is 2. The van der Waals surface area contributed by atoms with Crippen molar-refractivity contribution < 1.29 is 9.53 Å². The van der Waals surface area contributed by atoms with Crippen LogP contribution in [0.1, 0.15) is 46.1 Å². The maximum absolute atomic E-state index is 11.6. The Kier molecular flexibility index (Phi) is 7.83. The number of carbonyl (C=O) groups is 1. The molecular weight excluding hydrogens is 264 g/mol. The molecule has 1 rings (SSSR count). The molecule has 0 bridgehead atoms. The first-order valence-electron chi connectivity index (χ1n) is 7.77. The molecule has 4 nitrogen and oxygen atoms in total. The van der Waals surface area contributed by atoms with Gasteiger partial charge in [-0.3, -0.25) is 4.79 Å². The zero-order chi connectivity index (χ0) is 15.7. The van der Waals surface area contributed by atoms with E-state index in [9.17, 15) is 4.79 Å². The summed E-state index contributed by atoms with van der Waals surface area (Å²) in [5.74, 6) is 0.993. The second-order valence-corrected chi connectivity index (χ2v) is 5.62. The van der Waals surface area contributed by atoms with Gasteiger partial charge in [-0.1, -0.05) is 19.1 Å². The summed E-state index contributed by atoms with van der Waals surface area (Å²) >= 11 is 0. The van der Waals surface area contributed by atoms with E-state index < -0.39 is 0 Å². The van der Waals surface area contributed by atoms with Crippen LogP contribution in [-0.4, -0.2) is 24.6 Å². The largest absolute Gasteiger partial charge is 0.491 e. The Morgan fingerprint density at radius 3 is 2.71 bits per heavy atom. The predicted molar refractivity (Wildman–Crippen MR) is 86.4 cm³/mol. The van der Waals surface area contributed by atoms with E-state index >= 15 is 0 Å². The molecule has 2 N–H and O–H groups in total. The first-order chi connectivity index (χ1) is 10.0. The Labute approximate surface area is 128 Å². The molecule has 1 aromatic rings. The quantitative estimate of drug-likeness (QED) is 0.688. The van der Waals surface area contributed by atoms with E-state index in [4.69, 9.17) is 4.74 Å². The van der Waals surface area contributed by atoms with Crippen LogP contribution >= 0.6 is 0 Å². The smallest absolute Gasteiger partial charge is 0.221 e. The van der Waals surface area contributed by atoms with Crippen molar-refractivity contribution in [2.24, 2.45) is 0 Å². The Morgan fingerprint density at radius 2 is 2.05 bits per heavy atom. The molecule has 0 spiro atoms. The predicted octanol–water partition coefficient (Wildman–Crippen LogP) is 2.87. The van der Waals surface area contributed by atoms with Gasteiger partial charge in [-0.05, 0) is 44.9 Å². The first kappa shape index (κ1) is 17.5. The summed E-state index contributed by atoms with van der Waals surface area (Å²) in [6, 6.07) is 8.29. The number of amides is 1. The van der Waals surface area contributed by atoms with Crippen LogP contribution in [0.25, 0.3) is 0 Å². The first-order valence-corrected chi connectivity index (χ1v) is 7.77. The Hall–Kier alpha value is -1.55. The lowest BCUT2D eigenvalue weighted by molar-refractivity contribution is -0.121. The lowest BCUT2D eigenvalue weighted by atomic mass is 10.2. The maximum Gasteiger partial charge on any atom is 0.221 e. The fraction of sp³-hybridized carbons (Fsp3) is 0.588. The van der Waals surface area contributed by atoms with Crippen molar-refractivity contribution in [1.29, 1.82) is 0 Å². The molecule has 0 saturated heterocycles. The second kappa shape index (κ2) is 9.40. The van der Waals surface area contributed by atoms with E-state index in [1.54, 1.807) is 0 Å². The van der Waals surface area contributed by atoms with Crippen LogP contribution in [0.5, 0.6) is 5.75 Å². The third kappa shape index (κ3) is 7.71. The highest BCUT2D eigenvalue weighted by Crippen LogP contribution is 2.14. The monoisotopic (exact) mass is 292 g/mol. The Bertz CT molecular complexity index is 433. The van der Waals surface area contributed by atoms with Gasteiger partial charge in [0.05, 0.1) is 6.10 Å². The molecule has 0 radical (unpaired) electrons. The van der Waals surface area contributed by atoms with E-state index in [0.717, 1.165) is 24.3 Å². The van der Waals surface area contributed by atoms with Gasteiger partial charge >= 0.3 is 0 Å². The summed E-state index contributed by atoms with van der Waals surface area (Å²) in [4.78, 5) is 11.6. The van der Waals surface area contributed by atoms with Gasteiger partial charge < -0.3 is 15.4 Å². The average Bonchev–Trinajstić information content (AvgIpc) is 2.43. The molecule has 21 heavy (non-hydrogen) atoms. The zero-order valence-electron chi connectivity index (χ0n) is 13.6. The van der Waals surface area contributed by atoms with Crippen molar-refractivity contribution in [1.82, 2.24) is 10.6 Å². The SMILES string of the molecule is CCC(C)NC(=O)CCNCc1cccc(OC(C)C)c1. The normalized spacial score (nSPS) is 12.2. The number of hydrogen-bond donors (Lipinski definition) is 2. The molecule has 0 aromatic heterocycles. The van der Waals surface area contributed by atoms with Gasteiger partial charge in [-0.15, -0.1) is 0 Å². The summed E-state index contributed by atoms with van der Waals surface area (Å²) < 4.78 is 5.66. The fourth-order valence-corrected chi connectivity index (χ4v) is 1.88. The average molecular weight is 292 g/mol. The number of hydrogen-bond acceptors (Lipinski definition) is 3. The van der Waals surface area contributed by atoms with Crippen LogP contribution in [0.4, 0.5) is 0 Å². The van der Waals surface area contributed by atoms with Gasteiger partial charge in [0.15, 0.2) is 0 Å². The molecule has 1 amide bonds. The van der Waals surface area contributed by atoms with Gasteiger partial charge in [0.1, 0.15) is 5.75 Å². The molecular formula is C17H28N2O2. The molecule has 118 valence electrons. The van der Waals surface area contributed by atoms with Crippen LogP contribution in [0.15, 0.2) is 24.3 Å². The van der Waals surface area contributed by atoms with E-state index in [0.29, 0.717) is 13.0 Å². The van der Waals surface area contributed by atoms with E-state index in [1.165, 1.54) is 0 Å². The molecule has 1 aromatic carbocycles. The van der Waals surface area contributed by atoms with E-state index in [1.807, 2.05) is 39.0 Å². The number of carbonyl (C=O) groups excluding carboxylic acids is 1. The van der Waals surface area contributed by atoms with Crippen LogP contribution in [-0.2, 0) is 11.3 Å². The Morgan fingerprint density at radius 1 is 1.29 bits per heavy atom. The van der Waals surface area contributed by atoms with Crippen molar-refractivity contribution in [3.63, 3.8) is 0 Å². The minimum absolute atomic E-state index is 0.105. The van der Waals surface area contributed by atoms with Crippen molar-refractivity contribution in [3.8, 4) is 5.75 Å². The molecule has 0 aliphatic carbocycles.